The van der Waals surface area contributed by atoms with Gasteiger partial charge in [0, 0.05) is 5.39 Å². The number of ether oxygens (including phenoxy) is 2. The first-order valence-electron chi connectivity index (χ1n) is 7.10. The van der Waals surface area contributed by atoms with Gasteiger partial charge in [-0.05, 0) is 48.9 Å². The standard InChI is InChI=1S/C19H18O3/c1-13-4-8-17-15(10-13)12-16(22-17)7-5-14-6-9-18(20-2)19(11-14)21-3/h4-12H,1-3H3. The van der Waals surface area contributed by atoms with E-state index in [-0.39, 0.29) is 0 Å². The van der Waals surface area contributed by atoms with Crippen LogP contribution in [-0.2, 0) is 0 Å². The Morgan fingerprint density at radius 1 is 0.864 bits per heavy atom. The molecule has 0 unspecified atom stereocenters. The largest absolute Gasteiger partial charge is 0.493 e. The van der Waals surface area contributed by atoms with Crippen molar-refractivity contribution in [2.75, 3.05) is 14.2 Å². The molecule has 3 nitrogen and oxygen atoms in total. The summed E-state index contributed by atoms with van der Waals surface area (Å²) >= 11 is 0. The van der Waals surface area contributed by atoms with E-state index in [0.717, 1.165) is 28.0 Å². The summed E-state index contributed by atoms with van der Waals surface area (Å²) in [5, 5.41) is 1.12. The smallest absolute Gasteiger partial charge is 0.161 e. The number of methoxy groups -OCH3 is 2. The summed E-state index contributed by atoms with van der Waals surface area (Å²) in [6.45, 7) is 2.07. The van der Waals surface area contributed by atoms with Gasteiger partial charge in [-0.25, -0.2) is 0 Å². The first-order chi connectivity index (χ1) is 10.7. The van der Waals surface area contributed by atoms with Crippen molar-refractivity contribution < 1.29 is 13.9 Å². The van der Waals surface area contributed by atoms with Gasteiger partial charge < -0.3 is 13.9 Å². The third kappa shape index (κ3) is 2.84. The SMILES string of the molecule is COc1ccc(C=Cc2cc3cc(C)ccc3o2)cc1OC. The minimum Gasteiger partial charge on any atom is -0.493 e. The van der Waals surface area contributed by atoms with E-state index in [2.05, 4.69) is 13.0 Å². The maximum Gasteiger partial charge on any atom is 0.161 e. The number of hydrogen-bond donors (Lipinski definition) is 0. The number of furan rings is 1. The van der Waals surface area contributed by atoms with Crippen molar-refractivity contribution in [1.29, 1.82) is 0 Å². The Morgan fingerprint density at radius 3 is 2.45 bits per heavy atom. The highest BCUT2D eigenvalue weighted by Gasteiger charge is 2.04. The van der Waals surface area contributed by atoms with Crippen molar-refractivity contribution >= 4 is 23.1 Å². The lowest BCUT2D eigenvalue weighted by Gasteiger charge is -2.07. The number of aryl methyl sites for hydroxylation is 1. The summed E-state index contributed by atoms with van der Waals surface area (Å²) in [7, 11) is 3.26. The molecule has 0 amide bonds. The highest BCUT2D eigenvalue weighted by molar-refractivity contribution is 5.82. The average Bonchev–Trinajstić information content (AvgIpc) is 2.94. The molecule has 0 fully saturated rings. The molecule has 22 heavy (non-hydrogen) atoms. The van der Waals surface area contributed by atoms with Crippen molar-refractivity contribution in [3.8, 4) is 11.5 Å². The Kier molecular flexibility index (Phi) is 3.88. The molecular formula is C19H18O3. The third-order valence-corrected chi connectivity index (χ3v) is 3.54. The molecule has 0 atom stereocenters. The van der Waals surface area contributed by atoms with Crippen LogP contribution in [-0.4, -0.2) is 14.2 Å². The van der Waals surface area contributed by atoms with Crippen LogP contribution in [0.3, 0.4) is 0 Å². The van der Waals surface area contributed by atoms with E-state index in [0.29, 0.717) is 5.75 Å². The maximum atomic E-state index is 5.80. The van der Waals surface area contributed by atoms with E-state index in [9.17, 15) is 0 Å². The predicted molar refractivity (Wildman–Crippen MR) is 89.4 cm³/mol. The Hall–Kier alpha value is -2.68. The fourth-order valence-corrected chi connectivity index (χ4v) is 2.40. The predicted octanol–water partition coefficient (Wildman–Crippen LogP) is 4.93. The topological polar surface area (TPSA) is 31.6 Å². The van der Waals surface area contributed by atoms with Gasteiger partial charge in [0.1, 0.15) is 11.3 Å². The Labute approximate surface area is 129 Å². The lowest BCUT2D eigenvalue weighted by Crippen LogP contribution is -1.90. The van der Waals surface area contributed by atoms with Gasteiger partial charge in [0.2, 0.25) is 0 Å². The molecule has 1 aromatic heterocycles. The second-order valence-corrected chi connectivity index (χ2v) is 5.14. The van der Waals surface area contributed by atoms with Gasteiger partial charge in [-0.3, -0.25) is 0 Å². The molecule has 0 aliphatic rings. The van der Waals surface area contributed by atoms with E-state index >= 15 is 0 Å². The molecule has 0 spiro atoms. The molecule has 0 N–H and O–H groups in total. The highest BCUT2D eigenvalue weighted by atomic mass is 16.5. The zero-order chi connectivity index (χ0) is 15.5. The molecule has 0 bridgehead atoms. The molecular weight excluding hydrogens is 276 g/mol. The van der Waals surface area contributed by atoms with Gasteiger partial charge in [0.25, 0.3) is 0 Å². The Morgan fingerprint density at radius 2 is 1.68 bits per heavy atom. The average molecular weight is 294 g/mol. The summed E-state index contributed by atoms with van der Waals surface area (Å²) in [4.78, 5) is 0. The molecule has 0 saturated carbocycles. The van der Waals surface area contributed by atoms with Gasteiger partial charge in [0.15, 0.2) is 11.5 Å². The minimum absolute atomic E-state index is 0.713. The molecule has 0 radical (unpaired) electrons. The fourth-order valence-electron chi connectivity index (χ4n) is 2.40. The molecule has 3 rings (SSSR count). The van der Waals surface area contributed by atoms with Crippen LogP contribution in [0.1, 0.15) is 16.9 Å². The Balaban J connectivity index is 1.89. The second kappa shape index (κ2) is 5.98. The zero-order valence-corrected chi connectivity index (χ0v) is 12.9. The molecule has 0 saturated heterocycles. The number of rotatable bonds is 4. The molecule has 0 aliphatic heterocycles. The van der Waals surface area contributed by atoms with Gasteiger partial charge in [-0.15, -0.1) is 0 Å². The van der Waals surface area contributed by atoms with Crippen LogP contribution in [0.15, 0.2) is 46.9 Å². The van der Waals surface area contributed by atoms with Gasteiger partial charge in [0.05, 0.1) is 14.2 Å². The van der Waals surface area contributed by atoms with E-state index in [1.807, 2.05) is 48.6 Å². The summed E-state index contributed by atoms with van der Waals surface area (Å²) in [6, 6.07) is 14.0. The summed E-state index contributed by atoms with van der Waals surface area (Å²) in [5.41, 5.74) is 3.15. The van der Waals surface area contributed by atoms with Crippen LogP contribution in [0.2, 0.25) is 0 Å². The summed E-state index contributed by atoms with van der Waals surface area (Å²) < 4.78 is 16.3. The van der Waals surface area contributed by atoms with E-state index in [1.54, 1.807) is 14.2 Å². The summed E-state index contributed by atoms with van der Waals surface area (Å²) in [5.74, 6) is 2.26. The first-order valence-corrected chi connectivity index (χ1v) is 7.10. The van der Waals surface area contributed by atoms with Crippen LogP contribution < -0.4 is 9.47 Å². The highest BCUT2D eigenvalue weighted by Crippen LogP contribution is 2.28. The van der Waals surface area contributed by atoms with Crippen molar-refractivity contribution in [2.45, 2.75) is 6.92 Å². The normalized spacial score (nSPS) is 11.2. The molecule has 0 aliphatic carbocycles. The minimum atomic E-state index is 0.713. The van der Waals surface area contributed by atoms with E-state index < -0.39 is 0 Å². The quantitative estimate of drug-likeness (QED) is 0.684. The van der Waals surface area contributed by atoms with Gasteiger partial charge in [-0.1, -0.05) is 23.8 Å². The number of fused-ring (bicyclic) bond motifs is 1. The van der Waals surface area contributed by atoms with Crippen LogP contribution in [0.5, 0.6) is 11.5 Å². The lowest BCUT2D eigenvalue weighted by molar-refractivity contribution is 0.355. The maximum absolute atomic E-state index is 5.80. The van der Waals surface area contributed by atoms with Crippen molar-refractivity contribution in [2.24, 2.45) is 0 Å². The Bertz CT molecular complexity index is 828. The number of hydrogen-bond acceptors (Lipinski definition) is 3. The monoisotopic (exact) mass is 294 g/mol. The first kappa shape index (κ1) is 14.3. The fraction of sp³-hybridized carbons (Fsp3) is 0.158. The second-order valence-electron chi connectivity index (χ2n) is 5.14. The number of benzene rings is 2. The molecule has 2 aromatic carbocycles. The van der Waals surface area contributed by atoms with Crippen LogP contribution in [0, 0.1) is 6.92 Å². The van der Waals surface area contributed by atoms with Crippen LogP contribution >= 0.6 is 0 Å². The van der Waals surface area contributed by atoms with Crippen molar-refractivity contribution in [1.82, 2.24) is 0 Å². The third-order valence-electron chi connectivity index (χ3n) is 3.54. The molecule has 3 aromatic rings. The zero-order valence-electron chi connectivity index (χ0n) is 12.9. The van der Waals surface area contributed by atoms with Crippen LogP contribution in [0.25, 0.3) is 23.1 Å². The molecule has 1 heterocycles. The molecule has 112 valence electrons. The van der Waals surface area contributed by atoms with Gasteiger partial charge in [-0.2, -0.15) is 0 Å². The van der Waals surface area contributed by atoms with E-state index in [4.69, 9.17) is 13.9 Å². The van der Waals surface area contributed by atoms with E-state index in [1.165, 1.54) is 5.56 Å². The van der Waals surface area contributed by atoms with Crippen molar-refractivity contribution in [3.63, 3.8) is 0 Å². The van der Waals surface area contributed by atoms with Crippen molar-refractivity contribution in [3.05, 3.63) is 59.4 Å². The molecule has 3 heteroatoms. The summed E-state index contributed by atoms with van der Waals surface area (Å²) in [6.07, 6.45) is 3.95. The van der Waals surface area contributed by atoms with Gasteiger partial charge >= 0.3 is 0 Å². The lowest BCUT2D eigenvalue weighted by atomic mass is 10.1. The van der Waals surface area contributed by atoms with Crippen LogP contribution in [0.4, 0.5) is 0 Å².